The third-order valence-electron chi connectivity index (χ3n) is 24.3. The lowest BCUT2D eigenvalue weighted by Gasteiger charge is -2.37. The number of hydrogen-bond donors (Lipinski definition) is 15. The van der Waals surface area contributed by atoms with Gasteiger partial charge in [0.1, 0.15) is 37.9 Å². The minimum Gasteiger partial charge on any atom is -0.481 e. The summed E-state index contributed by atoms with van der Waals surface area (Å²) in [6.45, 7) is 12.0. The first kappa shape index (κ1) is 133. The van der Waals surface area contributed by atoms with Gasteiger partial charge in [-0.15, -0.1) is 0 Å². The number of ether oxygens (including phenoxy) is 16. The lowest BCUT2D eigenvalue weighted by molar-refractivity contribution is -0.229. The van der Waals surface area contributed by atoms with Crippen molar-refractivity contribution in [3.63, 3.8) is 0 Å². The average molecular weight is 2130 g/mol. The number of carboxylic acids is 1. The predicted octanol–water partition coefficient (Wildman–Crippen LogP) is -0.374. The molecule has 1 fully saturated rings. The largest absolute Gasteiger partial charge is 0.481 e. The molecule has 0 bridgehead atoms. The number of carbonyl (C=O) groups excluding carboxylic acids is 15. The topological polar surface area (TPSA) is 657 Å². The molecule has 2 aliphatic rings. The molecule has 1 aromatic carbocycles. The number of aliphatic hydroxyl groups excluding tert-OH is 5. The number of likely N-dealkylation sites (N-methyl/N-ethyl adjacent to an activating group) is 1. The molecule has 18 atom stereocenters. The summed E-state index contributed by atoms with van der Waals surface area (Å²) < 4.78 is 90.9. The quantitative estimate of drug-likeness (QED) is 0.0130. The third kappa shape index (κ3) is 55.7. The van der Waals surface area contributed by atoms with Crippen molar-refractivity contribution in [2.45, 2.75) is 295 Å². The van der Waals surface area contributed by atoms with Crippen LogP contribution < -0.4 is 47.9 Å². The molecule has 0 spiro atoms. The number of nitrogens with one attached hydrogen (secondary N) is 9. The Kier molecular flexibility index (Phi) is 69.8. The monoisotopic (exact) mass is 2130 g/mol. The molecule has 1 saturated heterocycles. The summed E-state index contributed by atoms with van der Waals surface area (Å²) >= 11 is 0. The molecule has 149 heavy (non-hydrogen) atoms. The van der Waals surface area contributed by atoms with Gasteiger partial charge in [0, 0.05) is 131 Å². The molecule has 11 amide bonds. The van der Waals surface area contributed by atoms with E-state index in [1.807, 2.05) is 59.7 Å². The molecule has 15 N–H and O–H groups in total. The van der Waals surface area contributed by atoms with Crippen LogP contribution in [0, 0.1) is 23.7 Å². The molecule has 0 aliphatic carbocycles. The fraction of sp³-hybridized carbons (Fsp3) is 0.760. The lowest BCUT2D eigenvalue weighted by atomic mass is 9.90. The molecule has 0 radical (unpaired) electrons. The Morgan fingerprint density at radius 1 is 0.456 bits per heavy atom. The van der Waals surface area contributed by atoms with Crippen LogP contribution >= 0.6 is 0 Å². The van der Waals surface area contributed by atoms with Gasteiger partial charge in [0.05, 0.1) is 153 Å². The highest BCUT2D eigenvalue weighted by Gasteiger charge is 2.43. The second kappa shape index (κ2) is 78.2. The van der Waals surface area contributed by atoms with E-state index in [-0.39, 0.29) is 243 Å². The first-order valence-corrected chi connectivity index (χ1v) is 51.3. The number of aliphatic hydroxyl groups is 5. The molecule has 49 heteroatoms. The van der Waals surface area contributed by atoms with Crippen LogP contribution in [0.1, 0.15) is 196 Å². The van der Waals surface area contributed by atoms with E-state index in [4.69, 9.17) is 80.9 Å². The second-order valence-corrected chi connectivity index (χ2v) is 36.5. The van der Waals surface area contributed by atoms with Gasteiger partial charge in [-0.1, -0.05) is 92.1 Å². The van der Waals surface area contributed by atoms with Crippen molar-refractivity contribution in [3.05, 3.63) is 48.0 Å². The standard InChI is InChI=1S/C100H167N11O38/c1-14-66(7)94(109-99(132)93(65(5)6)108-98(131)92(101-10)64(3)4)76(134-11)55-83(123)110-44-22-26-75(110)95(136-13)67(8)96(129)107-74(54-69-24-17-16-18-25-69)97(130)105-40-23-46-142-100(133)68(9)106-80(120)28-20-31-85(126)143-61-89(135-12)147-71(57-113)37-49-140-90(149-73(59-115)38-50-141-91(63-145-87(128)32-21-29-84(124)125)148-72(58-114)36-48-139-88(60-116)146-70(15-2)56-112)62-144-86(127)30-19-27-77(117)102-41-42-103-79(119)39-47-137-52-53-138-51-43-104-78(118)35-45-111-81(121)33-34-82(111)122/h16-18,24-25,33-34,64-68,70-76,88-95,101,112-116H,14-15,19-23,26-32,35-63H2,1-13H3,(H,102,117)(H,103,119)(H,104,118)(H,105,130)(H,106,120)(H,107,129)(H,108,131)(H,109,132)(H,124,125)/t66-,67+,68-,70?,71?,72?,73?,74-,75-,76+,88?,89?,90?,91?,92-,93-,94-,95+/m0/s1. The Hall–Kier alpha value is -10.0. The van der Waals surface area contributed by atoms with Crippen LogP contribution in [0.15, 0.2) is 42.5 Å². The van der Waals surface area contributed by atoms with Gasteiger partial charge in [0.25, 0.3) is 11.8 Å². The number of imide groups is 1. The summed E-state index contributed by atoms with van der Waals surface area (Å²) in [6.07, 6.45) is -8.05. The number of esters is 4. The van der Waals surface area contributed by atoms with Crippen LogP contribution in [-0.2, 0) is 159 Å². The van der Waals surface area contributed by atoms with Crippen LogP contribution in [0.4, 0.5) is 0 Å². The molecular weight excluding hydrogens is 1960 g/mol. The highest BCUT2D eigenvalue weighted by molar-refractivity contribution is 6.13. The van der Waals surface area contributed by atoms with Crippen LogP contribution in [0.5, 0.6) is 0 Å². The summed E-state index contributed by atoms with van der Waals surface area (Å²) in [7, 11) is 5.86. The van der Waals surface area contributed by atoms with Gasteiger partial charge in [-0.3, -0.25) is 76.8 Å². The second-order valence-electron chi connectivity index (χ2n) is 36.5. The van der Waals surface area contributed by atoms with Gasteiger partial charge in [0.15, 0.2) is 25.2 Å². The maximum atomic E-state index is 14.5. The average Bonchev–Trinajstić information content (AvgIpc) is 1.69. The van der Waals surface area contributed by atoms with E-state index in [0.717, 1.165) is 22.6 Å². The first-order valence-electron chi connectivity index (χ1n) is 51.3. The number of benzene rings is 1. The van der Waals surface area contributed by atoms with Crippen molar-refractivity contribution >= 4 is 94.8 Å². The van der Waals surface area contributed by atoms with Gasteiger partial charge in [-0.2, -0.15) is 0 Å². The lowest BCUT2D eigenvalue weighted by Crippen LogP contribution is -2.59. The minimum absolute atomic E-state index is 0.00441. The number of methoxy groups -OCH3 is 3. The third-order valence-corrected chi connectivity index (χ3v) is 24.3. The fourth-order valence-corrected chi connectivity index (χ4v) is 15.5. The van der Waals surface area contributed by atoms with Gasteiger partial charge < -0.3 is 159 Å². The molecule has 2 aliphatic heterocycles. The molecule has 1 aromatic rings. The Balaban J connectivity index is 1.56. The van der Waals surface area contributed by atoms with Crippen LogP contribution in [0.3, 0.4) is 0 Å². The van der Waals surface area contributed by atoms with E-state index in [2.05, 4.69) is 47.9 Å². The summed E-state index contributed by atoms with van der Waals surface area (Å²) in [5.41, 5.74) is 0.744. The van der Waals surface area contributed by atoms with Crippen molar-refractivity contribution in [1.29, 1.82) is 0 Å². The van der Waals surface area contributed by atoms with Crippen molar-refractivity contribution < 1.29 is 183 Å². The fourth-order valence-electron chi connectivity index (χ4n) is 15.5. The first-order chi connectivity index (χ1) is 71.4. The predicted molar refractivity (Wildman–Crippen MR) is 531 cm³/mol. The minimum atomic E-state index is -1.46. The number of amides is 11. The maximum Gasteiger partial charge on any atom is 0.328 e. The number of nitrogens with zero attached hydrogens (tertiary/aromatic N) is 2. The highest BCUT2D eigenvalue weighted by atomic mass is 16.7. The van der Waals surface area contributed by atoms with Crippen molar-refractivity contribution in [2.24, 2.45) is 23.7 Å². The number of likely N-dealkylation sites (tertiary alicyclic amines) is 1. The number of carboxylic acid groups (broad SMARTS) is 1. The maximum absolute atomic E-state index is 14.5. The van der Waals surface area contributed by atoms with Gasteiger partial charge in [-0.25, -0.2) is 4.79 Å². The summed E-state index contributed by atoms with van der Waals surface area (Å²) in [4.78, 5) is 210. The number of aliphatic carboxylic acids is 1. The molecule has 0 saturated carbocycles. The normalized spacial score (nSPS) is 16.5. The molecule has 8 unspecified atom stereocenters. The van der Waals surface area contributed by atoms with Crippen molar-refractivity contribution in [3.8, 4) is 0 Å². The Bertz CT molecular complexity index is 4100. The van der Waals surface area contributed by atoms with Crippen molar-refractivity contribution in [2.75, 3.05) is 173 Å². The zero-order valence-electron chi connectivity index (χ0n) is 88.6. The van der Waals surface area contributed by atoms with Gasteiger partial charge >= 0.3 is 29.8 Å². The van der Waals surface area contributed by atoms with E-state index >= 15 is 0 Å². The zero-order chi connectivity index (χ0) is 111. The van der Waals surface area contributed by atoms with Gasteiger partial charge in [0.2, 0.25) is 53.2 Å². The summed E-state index contributed by atoms with van der Waals surface area (Å²) in [5, 5.41) is 85.1. The van der Waals surface area contributed by atoms with E-state index in [0.29, 0.717) is 32.2 Å². The SMILES string of the molecule is CCC(CO)OC(CO)OCCC(CO)OC(COC(=O)CCCC(=O)O)OCCC(CO)OC(COC(=O)CCCC(=O)NCCNC(=O)CCOCCOCCNC(=O)CCN1C(=O)C=CC1=O)OCCC(CO)OC(COC(=O)CCCC(=O)N[C@@H](C)C(=O)OCCCNC(=O)[C@H](Cc1ccccc1)NC(=O)[C@H](C)[C@@H](OC)[C@@H]1CCCN1C(=O)C[C@@H](OC)[C@@H](NC(=O)[C@@H](NC(=O)[C@@H](NC)C(C)C)C(C)C)[C@@H](C)CC)OC. The molecule has 2 heterocycles. The number of rotatable bonds is 87. The van der Waals surface area contributed by atoms with Crippen LogP contribution in [0.2, 0.25) is 0 Å². The number of hydrogen-bond acceptors (Lipinski definition) is 38. The van der Waals surface area contributed by atoms with E-state index < -0.39 is 221 Å². The summed E-state index contributed by atoms with van der Waals surface area (Å²) in [6, 6.07) is 4.24. The van der Waals surface area contributed by atoms with Gasteiger partial charge in [-0.05, 0) is 101 Å². The molecule has 49 nitrogen and oxygen atoms in total. The Labute approximate surface area is 872 Å². The molecule has 3 rings (SSSR count). The van der Waals surface area contributed by atoms with Crippen LogP contribution in [0.25, 0.3) is 0 Å². The number of carbonyl (C=O) groups is 16. The van der Waals surface area contributed by atoms with E-state index in [1.54, 1.807) is 37.9 Å². The molecule has 0 aromatic heterocycles. The van der Waals surface area contributed by atoms with E-state index in [9.17, 15) is 102 Å². The molecule has 850 valence electrons. The van der Waals surface area contributed by atoms with E-state index in [1.165, 1.54) is 28.3 Å². The highest BCUT2D eigenvalue weighted by Crippen LogP contribution is 2.30. The molecular formula is C100H167N11O38. The Morgan fingerprint density at radius 3 is 1.47 bits per heavy atom. The van der Waals surface area contributed by atoms with Crippen molar-refractivity contribution in [1.82, 2.24) is 57.7 Å². The Morgan fingerprint density at radius 2 is 0.960 bits per heavy atom. The smallest absolute Gasteiger partial charge is 0.328 e. The van der Waals surface area contributed by atoms with Crippen LogP contribution in [-0.4, -0.2) is 407 Å². The zero-order valence-corrected chi connectivity index (χ0v) is 88.6. The summed E-state index contributed by atoms with van der Waals surface area (Å²) in [5.74, 6) is -10.4.